The third-order valence-electron chi connectivity index (χ3n) is 5.68. The van der Waals surface area contributed by atoms with Crippen molar-refractivity contribution in [1.82, 2.24) is 4.57 Å². The average Bonchev–Trinajstić information content (AvgIpc) is 3.11. The highest BCUT2D eigenvalue weighted by molar-refractivity contribution is 8.03. The number of benzene rings is 2. The number of thioether (sulfide) groups is 1. The first-order chi connectivity index (χ1) is 15.4. The maximum absolute atomic E-state index is 13.3. The number of hydrogen-bond donors (Lipinski definition) is 1. The van der Waals surface area contributed by atoms with Crippen molar-refractivity contribution in [3.8, 4) is 11.2 Å². The Kier molecular flexibility index (Phi) is 7.09. The Morgan fingerprint density at radius 2 is 1.55 bits per heavy atom. The van der Waals surface area contributed by atoms with E-state index in [1.165, 1.54) is 0 Å². The Bertz CT molecular complexity index is 1150. The molecule has 0 bridgehead atoms. The Hall–Kier alpha value is -2.97. The molecule has 3 aromatic rings. The number of Topliss-reactive ketones (excluding diaryl/α,β-unsaturated/α-hetero) is 1. The lowest BCUT2D eigenvalue weighted by Gasteiger charge is -2.28. The van der Waals surface area contributed by atoms with Crippen LogP contribution in [-0.4, -0.2) is 15.5 Å². The second-order valence-electron chi connectivity index (χ2n) is 10.5. The number of nitriles is 1. The van der Waals surface area contributed by atoms with Gasteiger partial charge in [0.15, 0.2) is 5.78 Å². The van der Waals surface area contributed by atoms with E-state index in [0.29, 0.717) is 17.9 Å². The topological polar surface area (TPSA) is 66.0 Å². The van der Waals surface area contributed by atoms with Gasteiger partial charge in [-0.3, -0.25) is 4.79 Å². The number of carbonyl (C=O) groups is 1. The molecule has 33 heavy (non-hydrogen) atoms. The highest BCUT2D eigenvalue weighted by atomic mass is 32.2. The third kappa shape index (κ3) is 5.89. The minimum Gasteiger partial charge on any atom is -0.507 e. The molecule has 0 unspecified atom stereocenters. The molecule has 0 saturated heterocycles. The van der Waals surface area contributed by atoms with Crippen molar-refractivity contribution in [2.75, 3.05) is 0 Å². The molecule has 0 radical (unpaired) electrons. The molecule has 172 valence electrons. The molecular formula is C28H32N2O2S. The molecule has 2 aromatic carbocycles. The summed E-state index contributed by atoms with van der Waals surface area (Å²) in [4.78, 5) is 13.3. The zero-order valence-electron chi connectivity index (χ0n) is 20.3. The summed E-state index contributed by atoms with van der Waals surface area (Å²) in [5, 5.41) is 23.1. The van der Waals surface area contributed by atoms with E-state index in [9.17, 15) is 15.2 Å². The van der Waals surface area contributed by atoms with Gasteiger partial charge in [-0.15, -0.1) is 0 Å². The van der Waals surface area contributed by atoms with Gasteiger partial charge >= 0.3 is 0 Å². The van der Waals surface area contributed by atoms with Crippen LogP contribution in [0.25, 0.3) is 0 Å². The highest BCUT2D eigenvalue weighted by Gasteiger charge is 2.27. The summed E-state index contributed by atoms with van der Waals surface area (Å²) in [6.45, 7) is 13.0. The molecule has 0 saturated carbocycles. The van der Waals surface area contributed by atoms with E-state index in [4.69, 9.17) is 0 Å². The minimum absolute atomic E-state index is 0.00740. The normalized spacial score (nSPS) is 11.9. The molecule has 3 rings (SSSR count). The number of phenols is 1. The number of nitrogens with zero attached hydrogens (tertiary/aromatic N) is 2. The Balaban J connectivity index is 1.95. The van der Waals surface area contributed by atoms with E-state index < -0.39 is 0 Å². The van der Waals surface area contributed by atoms with Crippen molar-refractivity contribution in [2.24, 2.45) is 0 Å². The SMILES string of the molecule is CC(C)(C)c1cc(CC(=O)c2cc(SC#N)n(Cc3ccccc3)c2)cc(C(C)(C)C)c1O. The van der Waals surface area contributed by atoms with Crippen LogP contribution in [0.4, 0.5) is 0 Å². The first-order valence-electron chi connectivity index (χ1n) is 11.1. The predicted molar refractivity (Wildman–Crippen MR) is 135 cm³/mol. The van der Waals surface area contributed by atoms with Crippen LogP contribution in [0.5, 0.6) is 5.75 Å². The first kappa shape index (κ1) is 24.7. The number of ketones is 1. The molecule has 1 heterocycles. The number of carbonyl (C=O) groups excluding carboxylic acids is 1. The van der Waals surface area contributed by atoms with Crippen LogP contribution in [0.15, 0.2) is 59.8 Å². The zero-order chi connectivity index (χ0) is 24.4. The summed E-state index contributed by atoms with van der Waals surface area (Å²) in [5.74, 6) is 0.305. The molecule has 0 amide bonds. The van der Waals surface area contributed by atoms with Crippen LogP contribution in [0, 0.1) is 10.7 Å². The molecule has 0 aliphatic carbocycles. The van der Waals surface area contributed by atoms with Gasteiger partial charge in [0, 0.05) is 36.5 Å². The molecule has 0 spiro atoms. The van der Waals surface area contributed by atoms with Crippen LogP contribution in [-0.2, 0) is 23.8 Å². The fourth-order valence-corrected chi connectivity index (χ4v) is 4.42. The van der Waals surface area contributed by atoms with E-state index in [1.807, 2.05) is 53.2 Å². The van der Waals surface area contributed by atoms with Crippen molar-refractivity contribution >= 4 is 17.5 Å². The van der Waals surface area contributed by atoms with E-state index in [0.717, 1.165) is 39.0 Å². The molecular weight excluding hydrogens is 428 g/mol. The molecule has 1 N–H and O–H groups in total. The number of rotatable bonds is 6. The van der Waals surface area contributed by atoms with Gasteiger partial charge in [0.1, 0.15) is 11.2 Å². The smallest absolute Gasteiger partial charge is 0.168 e. The molecule has 0 aliphatic rings. The Labute approximate surface area is 201 Å². The van der Waals surface area contributed by atoms with Gasteiger partial charge in [-0.25, -0.2) is 0 Å². The average molecular weight is 461 g/mol. The Morgan fingerprint density at radius 1 is 0.970 bits per heavy atom. The van der Waals surface area contributed by atoms with Crippen molar-refractivity contribution < 1.29 is 9.90 Å². The summed E-state index contributed by atoms with van der Waals surface area (Å²) in [5.41, 5.74) is 3.77. The van der Waals surface area contributed by atoms with Crippen LogP contribution >= 0.6 is 11.8 Å². The van der Waals surface area contributed by atoms with E-state index in [-0.39, 0.29) is 23.0 Å². The molecule has 5 heteroatoms. The van der Waals surface area contributed by atoms with Crippen molar-refractivity contribution in [3.63, 3.8) is 0 Å². The predicted octanol–water partition coefficient (Wildman–Crippen LogP) is 6.84. The lowest BCUT2D eigenvalue weighted by molar-refractivity contribution is 0.0992. The van der Waals surface area contributed by atoms with Crippen LogP contribution in [0.3, 0.4) is 0 Å². The van der Waals surface area contributed by atoms with E-state index in [2.05, 4.69) is 46.9 Å². The lowest BCUT2D eigenvalue weighted by atomic mass is 9.78. The molecule has 0 fully saturated rings. The summed E-state index contributed by atoms with van der Waals surface area (Å²) in [6.07, 6.45) is 2.07. The van der Waals surface area contributed by atoms with Gasteiger partial charge in [-0.1, -0.05) is 84.0 Å². The maximum Gasteiger partial charge on any atom is 0.168 e. The van der Waals surface area contributed by atoms with Crippen molar-refractivity contribution in [1.29, 1.82) is 5.26 Å². The minimum atomic E-state index is -0.251. The largest absolute Gasteiger partial charge is 0.507 e. The van der Waals surface area contributed by atoms with Gasteiger partial charge in [0.05, 0.1) is 5.03 Å². The van der Waals surface area contributed by atoms with Crippen LogP contribution < -0.4 is 0 Å². The second-order valence-corrected chi connectivity index (χ2v) is 11.3. The number of aromatic nitrogens is 1. The standard InChI is InChI=1S/C28H32N2O2S/c1-27(2,3)22-12-20(13-23(26(22)32)28(4,5)6)14-24(31)21-15-25(33-18-29)30(17-21)16-19-10-8-7-9-11-19/h7-13,15,17,32H,14,16H2,1-6H3. The maximum atomic E-state index is 13.3. The number of aromatic hydroxyl groups is 1. The van der Waals surface area contributed by atoms with Crippen LogP contribution in [0.1, 0.15) is 74.2 Å². The molecule has 0 atom stereocenters. The van der Waals surface area contributed by atoms with Gasteiger partial charge < -0.3 is 9.67 Å². The van der Waals surface area contributed by atoms with Crippen molar-refractivity contribution in [3.05, 3.63) is 82.5 Å². The summed E-state index contributed by atoms with van der Waals surface area (Å²) >= 11 is 1.06. The summed E-state index contributed by atoms with van der Waals surface area (Å²) in [6, 6.07) is 15.7. The molecule has 4 nitrogen and oxygen atoms in total. The molecule has 0 aliphatic heterocycles. The summed E-state index contributed by atoms with van der Waals surface area (Å²) < 4.78 is 1.95. The first-order valence-corrected chi connectivity index (χ1v) is 11.9. The zero-order valence-corrected chi connectivity index (χ0v) is 21.1. The van der Waals surface area contributed by atoms with Gasteiger partial charge in [-0.05, 0) is 39.2 Å². The lowest BCUT2D eigenvalue weighted by Crippen LogP contribution is -2.18. The van der Waals surface area contributed by atoms with Gasteiger partial charge in [0.2, 0.25) is 0 Å². The van der Waals surface area contributed by atoms with Gasteiger partial charge in [0.25, 0.3) is 0 Å². The Morgan fingerprint density at radius 3 is 2.06 bits per heavy atom. The second kappa shape index (κ2) is 9.49. The van der Waals surface area contributed by atoms with E-state index >= 15 is 0 Å². The highest BCUT2D eigenvalue weighted by Crippen LogP contribution is 2.40. The quantitative estimate of drug-likeness (QED) is 0.249. The number of thiocyanates is 1. The third-order valence-corrected chi connectivity index (χ3v) is 6.33. The fourth-order valence-electron chi connectivity index (χ4n) is 3.90. The van der Waals surface area contributed by atoms with Gasteiger partial charge in [-0.2, -0.15) is 5.26 Å². The number of phenolic OH excluding ortho intramolecular Hbond substituents is 1. The summed E-state index contributed by atoms with van der Waals surface area (Å²) in [7, 11) is 0. The van der Waals surface area contributed by atoms with E-state index in [1.54, 1.807) is 6.07 Å². The van der Waals surface area contributed by atoms with Crippen molar-refractivity contribution in [2.45, 2.75) is 70.4 Å². The molecule has 1 aromatic heterocycles. The number of hydrogen-bond acceptors (Lipinski definition) is 4. The van der Waals surface area contributed by atoms with Crippen LogP contribution in [0.2, 0.25) is 0 Å². The monoisotopic (exact) mass is 460 g/mol. The fraction of sp³-hybridized carbons (Fsp3) is 0.357.